The van der Waals surface area contributed by atoms with Gasteiger partial charge in [0, 0.05) is 13.0 Å². The first-order chi connectivity index (χ1) is 30.4. The summed E-state index contributed by atoms with van der Waals surface area (Å²) in [6.45, 7) is 12.6. The van der Waals surface area contributed by atoms with Crippen LogP contribution in [0, 0.1) is 19.0 Å². The Bertz CT molecular complexity index is 1960. The van der Waals surface area contributed by atoms with Gasteiger partial charge in [0.15, 0.2) is 0 Å². The van der Waals surface area contributed by atoms with Gasteiger partial charge >= 0.3 is 12.1 Å². The number of aromatic hydroxyl groups is 1. The number of carbonyl (C=O) groups is 7. The fourth-order valence-corrected chi connectivity index (χ4v) is 9.17. The number of alkyl carbamates (subject to hydrolysis) is 1. The number of hydrogen-bond donors (Lipinski definition) is 8. The third kappa shape index (κ3) is 17.5. The molecule has 2 aromatic rings. The number of methoxy groups -OCH3 is 1. The Morgan fingerprint density at radius 3 is 2.02 bits per heavy atom. The van der Waals surface area contributed by atoms with E-state index in [1.165, 1.54) is 7.11 Å². The maximum absolute atomic E-state index is 14.2. The average molecular weight is 1130 g/mol. The lowest BCUT2D eigenvalue weighted by Crippen LogP contribution is -2.59. The van der Waals surface area contributed by atoms with Crippen LogP contribution < -0.4 is 32.3 Å². The van der Waals surface area contributed by atoms with Crippen molar-refractivity contribution in [1.82, 2.24) is 31.5 Å². The highest BCUT2D eigenvalue weighted by Gasteiger charge is 2.39. The molecule has 0 aliphatic carbocycles. The summed E-state index contributed by atoms with van der Waals surface area (Å²) in [5.74, 6) is -4.68. The monoisotopic (exact) mass is 1130 g/mol. The maximum Gasteiger partial charge on any atom is 0.408 e. The van der Waals surface area contributed by atoms with E-state index >= 15 is 0 Å². The number of phenols is 1. The Morgan fingerprint density at radius 2 is 1.46 bits per heavy atom. The molecule has 0 radical (unpaired) electrons. The van der Waals surface area contributed by atoms with Gasteiger partial charge in [-0.15, -0.1) is 0 Å². The van der Waals surface area contributed by atoms with Gasteiger partial charge in [0.2, 0.25) is 29.5 Å². The summed E-state index contributed by atoms with van der Waals surface area (Å²) in [7, 11) is 1.24. The summed E-state index contributed by atoms with van der Waals surface area (Å²) >= 11 is 3.89. The van der Waals surface area contributed by atoms with Crippen molar-refractivity contribution in [3.05, 3.63) is 60.7 Å². The molecule has 1 heterocycles. The average Bonchev–Trinajstić information content (AvgIpc) is 3.69. The minimum absolute atomic E-state index is 0.0539. The number of benzene rings is 2. The number of nitrogens with one attached hydrogen (secondary N) is 5. The fraction of sp³-hybridized carbons (Fsp3) is 0.578. The molecular weight excluding hydrogens is 1070 g/mol. The van der Waals surface area contributed by atoms with Crippen LogP contribution in [0.5, 0.6) is 5.75 Å². The lowest BCUT2D eigenvalue weighted by atomic mass is 9.96. The van der Waals surface area contributed by atoms with E-state index in [9.17, 15) is 43.8 Å². The number of primary amides is 1. The van der Waals surface area contributed by atoms with Crippen molar-refractivity contribution in [3.8, 4) is 5.75 Å². The summed E-state index contributed by atoms with van der Waals surface area (Å²) in [5, 5.41) is 35.8. The third-order valence-electron chi connectivity index (χ3n) is 11.0. The third-order valence-corrected chi connectivity index (χ3v) is 12.6. The van der Waals surface area contributed by atoms with Crippen LogP contribution in [0.15, 0.2) is 42.5 Å². The predicted molar refractivity (Wildman–Crippen MR) is 259 cm³/mol. The van der Waals surface area contributed by atoms with Gasteiger partial charge in [-0.05, 0) is 127 Å². The second-order valence-corrected chi connectivity index (χ2v) is 20.0. The van der Waals surface area contributed by atoms with Crippen LogP contribution >= 0.6 is 45.2 Å². The van der Waals surface area contributed by atoms with Gasteiger partial charge in [-0.2, -0.15) is 0 Å². The van der Waals surface area contributed by atoms with E-state index in [2.05, 4.69) is 26.6 Å². The Morgan fingerprint density at radius 1 is 0.846 bits per heavy atom. The predicted octanol–water partition coefficient (Wildman–Crippen LogP) is 2.79. The summed E-state index contributed by atoms with van der Waals surface area (Å²) in [4.78, 5) is 95.3. The number of carbonyl (C=O) groups excluding carboxylic acids is 7. The summed E-state index contributed by atoms with van der Waals surface area (Å²) in [6, 6.07) is 5.80. The Balaban J connectivity index is 1.88. The number of β-amino-alcohol motifs (C(OH)–C–C–N with tert-alkyl or cyclic N) is 1. The maximum atomic E-state index is 14.2. The molecular formula is C45H65I2N7O11. The van der Waals surface area contributed by atoms with E-state index in [4.69, 9.17) is 15.2 Å². The standard InChI is InChI=1S/C45H65I2N7O11/c1-9-25(4)37(42(61)52-36(24(2)3)43(62)64-8)53-41(60)33-16-13-17-54(33)23-34(55)30(20-26-14-11-10-12-15-26)49-40(59)32(22-35(48)56)50-39(58)31(51-44(63)65-45(5,6)7)21-27-18-28(46)38(57)29(47)19-27/h10-12,14-15,18-19,24-25,30-34,36-37,55,57H,9,13,16-17,20-23H2,1-8H3,(H2,48,56)(H,49,59)(H,50,58)(H,51,63)(H,52,61)(H,53,60). The van der Waals surface area contributed by atoms with Crippen molar-refractivity contribution >= 4 is 86.8 Å². The number of nitrogens with zero attached hydrogens (tertiary/aromatic N) is 1. The van der Waals surface area contributed by atoms with Crippen LogP contribution in [0.2, 0.25) is 0 Å². The number of nitrogens with two attached hydrogens (primary N) is 1. The molecule has 0 bridgehead atoms. The highest BCUT2D eigenvalue weighted by Crippen LogP contribution is 2.28. The van der Waals surface area contributed by atoms with E-state index in [1.54, 1.807) is 63.8 Å². The number of aliphatic hydroxyl groups excluding tert-OH is 1. The first kappa shape index (κ1) is 55.0. The van der Waals surface area contributed by atoms with Gasteiger partial charge in [0.1, 0.15) is 35.5 Å². The van der Waals surface area contributed by atoms with E-state index in [0.29, 0.717) is 38.5 Å². The number of likely N-dealkylation sites (tertiary alicyclic amines) is 1. The number of esters is 1. The summed E-state index contributed by atoms with van der Waals surface area (Å²) < 4.78 is 11.3. The number of aliphatic hydroxyl groups is 1. The molecule has 6 amide bonds. The largest absolute Gasteiger partial charge is 0.506 e. The van der Waals surface area contributed by atoms with E-state index < -0.39 is 96.0 Å². The smallest absolute Gasteiger partial charge is 0.408 e. The molecule has 1 aliphatic rings. The first-order valence-corrected chi connectivity index (χ1v) is 23.8. The van der Waals surface area contributed by atoms with Gasteiger partial charge in [-0.3, -0.25) is 28.9 Å². The fourth-order valence-electron chi connectivity index (χ4n) is 7.28. The zero-order valence-electron chi connectivity index (χ0n) is 38.2. The minimum atomic E-state index is -1.54. The molecule has 2 aromatic carbocycles. The van der Waals surface area contributed by atoms with Crippen molar-refractivity contribution in [3.63, 3.8) is 0 Å². The highest BCUT2D eigenvalue weighted by molar-refractivity contribution is 14.1. The number of ether oxygens (including phenoxy) is 2. The van der Waals surface area contributed by atoms with E-state index in [1.807, 2.05) is 77.2 Å². The molecule has 18 nitrogen and oxygen atoms in total. The van der Waals surface area contributed by atoms with Crippen molar-refractivity contribution < 1.29 is 53.2 Å². The quantitative estimate of drug-likeness (QED) is 0.0625. The van der Waals surface area contributed by atoms with Crippen molar-refractivity contribution in [1.29, 1.82) is 0 Å². The molecule has 1 saturated heterocycles. The number of halogens is 2. The van der Waals surface area contributed by atoms with Crippen LogP contribution in [-0.2, 0) is 51.1 Å². The van der Waals surface area contributed by atoms with Crippen LogP contribution in [0.4, 0.5) is 4.79 Å². The van der Waals surface area contributed by atoms with E-state index in [-0.39, 0.29) is 37.0 Å². The van der Waals surface area contributed by atoms with Crippen LogP contribution in [-0.4, -0.2) is 125 Å². The normalized spacial score (nSPS) is 17.3. The lowest BCUT2D eigenvalue weighted by Gasteiger charge is -2.33. The second-order valence-electron chi connectivity index (χ2n) is 17.7. The SMILES string of the molecule is CCC(C)C(NC(=O)C1CCCN1CC(O)C(Cc1ccccc1)NC(=O)C(CC(N)=O)NC(=O)C(Cc1cc(I)c(O)c(I)c1)NC(=O)OC(C)(C)C)C(=O)NC(C(=O)OC)C(C)C. The summed E-state index contributed by atoms with van der Waals surface area (Å²) in [5.41, 5.74) is 5.99. The number of phenolic OH excluding ortho intramolecular Hbond substituents is 1. The van der Waals surface area contributed by atoms with Crippen molar-refractivity contribution in [2.24, 2.45) is 17.6 Å². The van der Waals surface area contributed by atoms with E-state index in [0.717, 1.165) is 5.56 Å². The molecule has 8 unspecified atom stereocenters. The van der Waals surface area contributed by atoms with Gasteiger partial charge in [0.25, 0.3) is 0 Å². The van der Waals surface area contributed by atoms with Gasteiger partial charge < -0.3 is 52.0 Å². The number of hydrogen-bond acceptors (Lipinski definition) is 12. The molecule has 8 atom stereocenters. The van der Waals surface area contributed by atoms with Gasteiger partial charge in [0.05, 0.1) is 38.9 Å². The minimum Gasteiger partial charge on any atom is -0.506 e. The Labute approximate surface area is 408 Å². The Hall–Kier alpha value is -4.29. The van der Waals surface area contributed by atoms with Crippen LogP contribution in [0.25, 0.3) is 0 Å². The molecule has 0 spiro atoms. The lowest BCUT2D eigenvalue weighted by molar-refractivity contribution is -0.147. The van der Waals surface area contributed by atoms with Crippen molar-refractivity contribution in [2.45, 2.75) is 135 Å². The van der Waals surface area contributed by atoms with Gasteiger partial charge in [-0.1, -0.05) is 64.4 Å². The molecule has 20 heteroatoms. The molecule has 65 heavy (non-hydrogen) atoms. The molecule has 0 aromatic heterocycles. The van der Waals surface area contributed by atoms with Gasteiger partial charge in [-0.25, -0.2) is 9.59 Å². The number of amides is 6. The second kappa shape index (κ2) is 25.6. The molecule has 0 saturated carbocycles. The van der Waals surface area contributed by atoms with Crippen LogP contribution in [0.3, 0.4) is 0 Å². The van der Waals surface area contributed by atoms with Crippen LogP contribution in [0.1, 0.15) is 85.3 Å². The molecule has 360 valence electrons. The highest BCUT2D eigenvalue weighted by atomic mass is 127. The molecule has 1 aliphatic heterocycles. The zero-order chi connectivity index (χ0) is 48.8. The first-order valence-electron chi connectivity index (χ1n) is 21.6. The topological polar surface area (TPSA) is 268 Å². The summed E-state index contributed by atoms with van der Waals surface area (Å²) in [6.07, 6.45) is -1.23. The molecule has 3 rings (SSSR count). The Kier molecular flexibility index (Phi) is 21.7. The zero-order valence-corrected chi connectivity index (χ0v) is 42.6. The van der Waals surface area contributed by atoms with Crippen molar-refractivity contribution in [2.75, 3.05) is 20.2 Å². The molecule has 1 fully saturated rings. The molecule has 9 N–H and O–H groups in total. The number of rotatable bonds is 22.